The molecule has 4 rings (SSSR count). The number of benzene rings is 2. The van der Waals surface area contributed by atoms with Gasteiger partial charge in [-0.15, -0.1) is 11.3 Å². The van der Waals surface area contributed by atoms with Crippen molar-refractivity contribution in [1.29, 1.82) is 0 Å². The highest BCUT2D eigenvalue weighted by molar-refractivity contribution is 7.89. The van der Waals surface area contributed by atoms with Crippen molar-refractivity contribution in [2.24, 2.45) is 0 Å². The maximum atomic E-state index is 12.9. The highest BCUT2D eigenvalue weighted by Gasteiger charge is 2.24. The van der Waals surface area contributed by atoms with Crippen molar-refractivity contribution in [1.82, 2.24) is 14.2 Å². The van der Waals surface area contributed by atoms with Crippen LogP contribution in [-0.4, -0.2) is 48.7 Å². The lowest BCUT2D eigenvalue weighted by Gasteiger charge is -2.19. The second kappa shape index (κ2) is 9.94. The van der Waals surface area contributed by atoms with E-state index in [0.717, 1.165) is 46.5 Å². The minimum Gasteiger partial charge on any atom is -0.335 e. The van der Waals surface area contributed by atoms with E-state index in [1.54, 1.807) is 57.9 Å². The molecule has 8 heteroatoms. The van der Waals surface area contributed by atoms with Gasteiger partial charge in [0.25, 0.3) is 0 Å². The van der Waals surface area contributed by atoms with E-state index in [0.29, 0.717) is 24.5 Å². The normalized spacial score (nSPS) is 15.8. The number of nitrogens with zero attached hydrogens (tertiary/aromatic N) is 3. The molecule has 2 aromatic carbocycles. The smallest absolute Gasteiger partial charge is 0.246 e. The maximum Gasteiger partial charge on any atom is 0.246 e. The van der Waals surface area contributed by atoms with Crippen LogP contribution in [0.1, 0.15) is 36.3 Å². The summed E-state index contributed by atoms with van der Waals surface area (Å²) >= 11 is 1.58. The van der Waals surface area contributed by atoms with Gasteiger partial charge in [-0.05, 0) is 48.7 Å². The monoisotopic (exact) mass is 469 g/mol. The molecule has 0 aliphatic carbocycles. The zero-order valence-electron chi connectivity index (χ0n) is 18.1. The molecule has 0 radical (unpaired) electrons. The number of fused-ring (bicyclic) bond motifs is 1. The van der Waals surface area contributed by atoms with Crippen molar-refractivity contribution >= 4 is 43.6 Å². The number of para-hydroxylation sites is 1. The van der Waals surface area contributed by atoms with Crippen molar-refractivity contribution in [2.75, 3.05) is 20.1 Å². The largest absolute Gasteiger partial charge is 0.335 e. The van der Waals surface area contributed by atoms with Gasteiger partial charge in [0.2, 0.25) is 15.9 Å². The lowest BCUT2D eigenvalue weighted by Crippen LogP contribution is -2.31. The number of amides is 1. The standard InChI is InChI=1S/C24H27N3O3S2/c1-26(18-23-25-21-8-4-5-9-22(21)31-23)24(28)15-12-19-10-13-20(14-11-19)32(29,30)27-16-6-2-3-7-17-27/h4-5,8-15H,2-3,6-7,16-18H2,1H3. The Balaban J connectivity index is 1.38. The maximum absolute atomic E-state index is 12.9. The van der Waals surface area contributed by atoms with Crippen LogP contribution >= 0.6 is 11.3 Å². The summed E-state index contributed by atoms with van der Waals surface area (Å²) in [4.78, 5) is 19.0. The van der Waals surface area contributed by atoms with Gasteiger partial charge in [-0.25, -0.2) is 13.4 Å². The van der Waals surface area contributed by atoms with E-state index in [1.807, 2.05) is 24.3 Å². The number of sulfonamides is 1. The van der Waals surface area contributed by atoms with Crippen LogP contribution in [0.15, 0.2) is 59.5 Å². The third kappa shape index (κ3) is 5.26. The fourth-order valence-electron chi connectivity index (χ4n) is 3.75. The molecule has 1 fully saturated rings. The third-order valence-electron chi connectivity index (χ3n) is 5.59. The minimum absolute atomic E-state index is 0.134. The summed E-state index contributed by atoms with van der Waals surface area (Å²) < 4.78 is 28.5. The Kier molecular flexibility index (Phi) is 7.03. The van der Waals surface area contributed by atoms with Gasteiger partial charge in [0.05, 0.1) is 21.7 Å². The Hall–Kier alpha value is -2.55. The summed E-state index contributed by atoms with van der Waals surface area (Å²) in [7, 11) is -1.72. The Labute approximate surface area is 193 Å². The van der Waals surface area contributed by atoms with Crippen molar-refractivity contribution < 1.29 is 13.2 Å². The Morgan fingerprint density at radius 1 is 1.06 bits per heavy atom. The number of carbonyl (C=O) groups is 1. The molecule has 0 saturated carbocycles. The Morgan fingerprint density at radius 2 is 1.75 bits per heavy atom. The van der Waals surface area contributed by atoms with Crippen LogP contribution in [0.25, 0.3) is 16.3 Å². The van der Waals surface area contributed by atoms with Gasteiger partial charge in [-0.3, -0.25) is 4.79 Å². The molecule has 0 N–H and O–H groups in total. The van der Waals surface area contributed by atoms with E-state index in [2.05, 4.69) is 4.98 Å². The van der Waals surface area contributed by atoms with Crippen molar-refractivity contribution in [2.45, 2.75) is 37.1 Å². The molecule has 1 amide bonds. The molecule has 0 spiro atoms. The summed E-state index contributed by atoms with van der Waals surface area (Å²) in [5.41, 5.74) is 1.72. The number of rotatable bonds is 6. The van der Waals surface area contributed by atoms with Gasteiger partial charge < -0.3 is 4.90 Å². The molecule has 1 saturated heterocycles. The highest BCUT2D eigenvalue weighted by atomic mass is 32.2. The molecular formula is C24H27N3O3S2. The number of likely N-dealkylation sites (N-methyl/N-ethyl adjacent to an activating group) is 1. The summed E-state index contributed by atoms with van der Waals surface area (Å²) in [6, 6.07) is 14.6. The number of hydrogen-bond acceptors (Lipinski definition) is 5. The lowest BCUT2D eigenvalue weighted by atomic mass is 10.2. The van der Waals surface area contributed by atoms with Crippen molar-refractivity contribution in [3.05, 3.63) is 65.2 Å². The molecule has 0 atom stereocenters. The van der Waals surface area contributed by atoms with E-state index in [9.17, 15) is 13.2 Å². The van der Waals surface area contributed by atoms with Crippen molar-refractivity contribution in [3.8, 4) is 0 Å². The van der Waals surface area contributed by atoms with Crippen LogP contribution in [0.3, 0.4) is 0 Å². The van der Waals surface area contributed by atoms with E-state index in [1.165, 1.54) is 6.08 Å². The summed E-state index contributed by atoms with van der Waals surface area (Å²) in [6.07, 6.45) is 7.19. The fraction of sp³-hybridized carbons (Fsp3) is 0.333. The molecule has 3 aromatic rings. The van der Waals surface area contributed by atoms with Crippen LogP contribution in [0.2, 0.25) is 0 Å². The average molecular weight is 470 g/mol. The number of hydrogen-bond donors (Lipinski definition) is 0. The SMILES string of the molecule is CN(Cc1nc2ccccc2s1)C(=O)C=Cc1ccc(S(=O)(=O)N2CCCCCC2)cc1. The first kappa shape index (κ1) is 22.6. The third-order valence-corrected chi connectivity index (χ3v) is 8.52. The molecule has 32 heavy (non-hydrogen) atoms. The van der Waals surface area contributed by atoms with Gasteiger partial charge in [0, 0.05) is 26.2 Å². The Morgan fingerprint density at radius 3 is 2.44 bits per heavy atom. The first-order valence-corrected chi connectivity index (χ1v) is 13.1. The topological polar surface area (TPSA) is 70.6 Å². The quantitative estimate of drug-likeness (QED) is 0.497. The van der Waals surface area contributed by atoms with Gasteiger partial charge >= 0.3 is 0 Å². The van der Waals surface area contributed by atoms with Crippen LogP contribution < -0.4 is 0 Å². The molecule has 6 nitrogen and oxygen atoms in total. The van der Waals surface area contributed by atoms with Crippen LogP contribution in [0, 0.1) is 0 Å². The number of aromatic nitrogens is 1. The van der Waals surface area contributed by atoms with E-state index >= 15 is 0 Å². The fourth-order valence-corrected chi connectivity index (χ4v) is 6.28. The molecule has 1 aliphatic heterocycles. The average Bonchev–Trinajstić information content (AvgIpc) is 3.00. The van der Waals surface area contributed by atoms with Crippen LogP contribution in [0.5, 0.6) is 0 Å². The second-order valence-corrected chi connectivity index (χ2v) is 11.0. The molecular weight excluding hydrogens is 442 g/mol. The van der Waals surface area contributed by atoms with Gasteiger partial charge in [0.1, 0.15) is 5.01 Å². The van der Waals surface area contributed by atoms with Gasteiger partial charge in [-0.1, -0.05) is 37.1 Å². The second-order valence-electron chi connectivity index (χ2n) is 7.99. The summed E-state index contributed by atoms with van der Waals surface area (Å²) in [5, 5.41) is 0.888. The predicted molar refractivity (Wildman–Crippen MR) is 129 cm³/mol. The zero-order chi connectivity index (χ0) is 22.6. The number of thiazole rings is 1. The number of carbonyl (C=O) groups excluding carboxylic acids is 1. The molecule has 0 bridgehead atoms. The molecule has 0 unspecified atom stereocenters. The zero-order valence-corrected chi connectivity index (χ0v) is 19.7. The summed E-state index contributed by atoms with van der Waals surface area (Å²) in [6.45, 7) is 1.61. The van der Waals surface area contributed by atoms with Gasteiger partial charge in [0.15, 0.2) is 0 Å². The Bertz CT molecular complexity index is 1180. The first-order valence-electron chi connectivity index (χ1n) is 10.8. The molecule has 1 aliphatic rings. The van der Waals surface area contributed by atoms with Crippen LogP contribution in [0.4, 0.5) is 0 Å². The van der Waals surface area contributed by atoms with E-state index < -0.39 is 10.0 Å². The lowest BCUT2D eigenvalue weighted by molar-refractivity contribution is -0.125. The first-order chi connectivity index (χ1) is 15.4. The summed E-state index contributed by atoms with van der Waals surface area (Å²) in [5.74, 6) is -0.134. The molecule has 2 heterocycles. The highest BCUT2D eigenvalue weighted by Crippen LogP contribution is 2.23. The molecule has 1 aromatic heterocycles. The van der Waals surface area contributed by atoms with Crippen molar-refractivity contribution in [3.63, 3.8) is 0 Å². The molecule has 168 valence electrons. The van der Waals surface area contributed by atoms with E-state index in [-0.39, 0.29) is 5.91 Å². The predicted octanol–water partition coefficient (Wildman–Crippen LogP) is 4.53. The van der Waals surface area contributed by atoms with E-state index in [4.69, 9.17) is 0 Å². The van der Waals surface area contributed by atoms with Gasteiger partial charge in [-0.2, -0.15) is 4.31 Å². The minimum atomic E-state index is -3.46. The van der Waals surface area contributed by atoms with Crippen LogP contribution in [-0.2, 0) is 21.4 Å².